The molecule has 0 fully saturated rings. The number of carbonyl (C=O) groups is 1. The molecule has 2 aromatic carbocycles. The van der Waals surface area contributed by atoms with Gasteiger partial charge in [0.1, 0.15) is 6.33 Å². The maximum Gasteiger partial charge on any atom is 0.338 e. The fourth-order valence-corrected chi connectivity index (χ4v) is 4.29. The van der Waals surface area contributed by atoms with Crippen LogP contribution in [0.4, 0.5) is 0 Å². The highest BCUT2D eigenvalue weighted by Gasteiger charge is 2.14. The minimum atomic E-state index is -0.395. The molecule has 0 aliphatic carbocycles. The lowest BCUT2D eigenvalue weighted by Crippen LogP contribution is -2.19. The van der Waals surface area contributed by atoms with Crippen molar-refractivity contribution in [2.75, 3.05) is 6.61 Å². The summed E-state index contributed by atoms with van der Waals surface area (Å²) in [5.41, 5.74) is 4.49. The second kappa shape index (κ2) is 10.9. The summed E-state index contributed by atoms with van der Waals surface area (Å²) in [5, 5.41) is 0.541. The zero-order chi connectivity index (χ0) is 23.9. The van der Waals surface area contributed by atoms with Gasteiger partial charge in [-0.3, -0.25) is 9.36 Å². The van der Waals surface area contributed by atoms with Gasteiger partial charge in [-0.1, -0.05) is 47.7 Å². The number of rotatable bonds is 8. The van der Waals surface area contributed by atoms with Gasteiger partial charge in [-0.15, -0.1) is 0 Å². The van der Waals surface area contributed by atoms with Crippen molar-refractivity contribution in [1.82, 2.24) is 19.5 Å². The zero-order valence-electron chi connectivity index (χ0n) is 19.0. The van der Waals surface area contributed by atoms with Crippen LogP contribution in [0.5, 0.6) is 0 Å². The molecule has 0 aliphatic heterocycles. The molecule has 0 aliphatic rings. The second-order valence-electron chi connectivity index (χ2n) is 7.69. The summed E-state index contributed by atoms with van der Waals surface area (Å²) in [6, 6.07) is 15.4. The number of ether oxygens (including phenoxy) is 1. The summed E-state index contributed by atoms with van der Waals surface area (Å²) in [5.74, 6) is 0.254. The van der Waals surface area contributed by atoms with E-state index >= 15 is 0 Å². The van der Waals surface area contributed by atoms with E-state index in [1.165, 1.54) is 23.7 Å². The molecule has 7 nitrogen and oxygen atoms in total. The van der Waals surface area contributed by atoms with Crippen LogP contribution in [0.1, 0.15) is 39.5 Å². The fourth-order valence-electron chi connectivity index (χ4n) is 3.36. The quantitative estimate of drug-likeness (QED) is 0.213. The molecule has 172 valence electrons. The Morgan fingerprint density at radius 2 is 1.82 bits per heavy atom. The molecule has 34 heavy (non-hydrogen) atoms. The molecule has 0 amide bonds. The molecule has 8 heteroatoms. The molecule has 0 radical (unpaired) electrons. The third-order valence-electron chi connectivity index (χ3n) is 5.10. The Bertz CT molecular complexity index is 1340. The normalized spacial score (nSPS) is 10.8. The Hall–Kier alpha value is -3.78. The molecule has 0 atom stereocenters. The van der Waals surface area contributed by atoms with E-state index in [0.29, 0.717) is 35.1 Å². The largest absolute Gasteiger partial charge is 0.462 e. The molecule has 0 spiro atoms. The molecule has 0 saturated heterocycles. The van der Waals surface area contributed by atoms with E-state index in [0.717, 1.165) is 16.8 Å². The van der Waals surface area contributed by atoms with Crippen LogP contribution in [-0.4, -0.2) is 32.1 Å². The smallest absolute Gasteiger partial charge is 0.338 e. The lowest BCUT2D eigenvalue weighted by molar-refractivity contribution is 0.0526. The van der Waals surface area contributed by atoms with Crippen molar-refractivity contribution in [3.05, 3.63) is 112 Å². The van der Waals surface area contributed by atoms with E-state index in [1.54, 1.807) is 43.7 Å². The molecular weight excluding hydrogens is 448 g/mol. The number of hydrogen-bond acceptors (Lipinski definition) is 7. The zero-order valence-corrected chi connectivity index (χ0v) is 19.8. The van der Waals surface area contributed by atoms with Crippen LogP contribution < -0.4 is 5.56 Å². The van der Waals surface area contributed by atoms with Crippen LogP contribution in [0.3, 0.4) is 0 Å². The van der Waals surface area contributed by atoms with Crippen molar-refractivity contribution in [2.45, 2.75) is 31.2 Å². The van der Waals surface area contributed by atoms with E-state index < -0.39 is 5.97 Å². The number of carbonyl (C=O) groups excluding carboxylic acids is 1. The molecule has 0 unspecified atom stereocenters. The van der Waals surface area contributed by atoms with Crippen molar-refractivity contribution < 1.29 is 9.53 Å². The van der Waals surface area contributed by atoms with Gasteiger partial charge in [0.25, 0.3) is 5.56 Å². The minimum Gasteiger partial charge on any atom is -0.462 e. The second-order valence-corrected chi connectivity index (χ2v) is 8.63. The monoisotopic (exact) mass is 472 g/mol. The predicted molar refractivity (Wildman–Crippen MR) is 131 cm³/mol. The number of thioether (sulfide) groups is 1. The standard InChI is InChI=1S/C26H24N4O3S/c1-3-33-25(32)21-5-4-6-23(12-21)30-15-22(11-20-13-27-17-28-14-20)24(31)29-26(30)34-16-19-9-7-18(2)8-10-19/h4-10,12-15,17H,3,11,16H2,1-2H3. The Balaban J connectivity index is 1.73. The van der Waals surface area contributed by atoms with Gasteiger partial charge in [0, 0.05) is 42.0 Å². The summed E-state index contributed by atoms with van der Waals surface area (Å²) < 4.78 is 7.00. The SMILES string of the molecule is CCOC(=O)c1cccc(-n2cc(Cc3cncnc3)c(=O)nc2SCc2ccc(C)cc2)c1. The van der Waals surface area contributed by atoms with Gasteiger partial charge in [-0.25, -0.2) is 14.8 Å². The summed E-state index contributed by atoms with van der Waals surface area (Å²) in [6.45, 7) is 4.11. The van der Waals surface area contributed by atoms with Crippen LogP contribution in [0, 0.1) is 6.92 Å². The first-order valence-electron chi connectivity index (χ1n) is 10.9. The van der Waals surface area contributed by atoms with Crippen LogP contribution >= 0.6 is 11.8 Å². The third kappa shape index (κ3) is 5.77. The molecule has 4 aromatic rings. The first-order chi connectivity index (χ1) is 16.5. The summed E-state index contributed by atoms with van der Waals surface area (Å²) in [4.78, 5) is 37.7. The predicted octanol–water partition coefficient (Wildman–Crippen LogP) is 4.39. The first-order valence-corrected chi connectivity index (χ1v) is 11.8. The molecule has 2 heterocycles. The maximum absolute atomic E-state index is 12.9. The van der Waals surface area contributed by atoms with Gasteiger partial charge in [0.15, 0.2) is 5.16 Å². The average Bonchev–Trinajstić information content (AvgIpc) is 2.86. The van der Waals surface area contributed by atoms with Gasteiger partial charge in [-0.2, -0.15) is 4.98 Å². The van der Waals surface area contributed by atoms with Crippen LogP contribution in [0.25, 0.3) is 5.69 Å². The van der Waals surface area contributed by atoms with E-state index in [4.69, 9.17) is 4.74 Å². The van der Waals surface area contributed by atoms with Crippen molar-refractivity contribution in [2.24, 2.45) is 0 Å². The summed E-state index contributed by atoms with van der Waals surface area (Å²) in [6.07, 6.45) is 6.94. The Morgan fingerprint density at radius 1 is 1.06 bits per heavy atom. The number of aryl methyl sites for hydroxylation is 1. The molecule has 4 rings (SSSR count). The van der Waals surface area contributed by atoms with Gasteiger partial charge in [-0.05, 0) is 43.2 Å². The van der Waals surface area contributed by atoms with E-state index in [9.17, 15) is 9.59 Å². The van der Waals surface area contributed by atoms with Gasteiger partial charge < -0.3 is 4.74 Å². The Kier molecular flexibility index (Phi) is 7.49. The highest BCUT2D eigenvalue weighted by Crippen LogP contribution is 2.24. The maximum atomic E-state index is 12.9. The highest BCUT2D eigenvalue weighted by molar-refractivity contribution is 7.98. The van der Waals surface area contributed by atoms with Gasteiger partial charge in [0.2, 0.25) is 0 Å². The topological polar surface area (TPSA) is 87.0 Å². The van der Waals surface area contributed by atoms with Crippen molar-refractivity contribution in [3.8, 4) is 5.69 Å². The van der Waals surface area contributed by atoms with Crippen molar-refractivity contribution in [1.29, 1.82) is 0 Å². The number of nitrogens with zero attached hydrogens (tertiary/aromatic N) is 4. The average molecular weight is 473 g/mol. The van der Waals surface area contributed by atoms with Crippen molar-refractivity contribution >= 4 is 17.7 Å². The number of benzene rings is 2. The van der Waals surface area contributed by atoms with E-state index in [-0.39, 0.29) is 5.56 Å². The van der Waals surface area contributed by atoms with Gasteiger partial charge >= 0.3 is 5.97 Å². The minimum absolute atomic E-state index is 0.295. The van der Waals surface area contributed by atoms with Crippen molar-refractivity contribution in [3.63, 3.8) is 0 Å². The first kappa shape index (κ1) is 23.4. The summed E-state index contributed by atoms with van der Waals surface area (Å²) >= 11 is 1.47. The number of aromatic nitrogens is 4. The number of esters is 1. The molecule has 0 bridgehead atoms. The van der Waals surface area contributed by atoms with E-state index in [2.05, 4.69) is 39.2 Å². The van der Waals surface area contributed by atoms with Gasteiger partial charge in [0.05, 0.1) is 12.2 Å². The Morgan fingerprint density at radius 3 is 2.56 bits per heavy atom. The van der Waals surface area contributed by atoms with Crippen LogP contribution in [-0.2, 0) is 16.9 Å². The molecular formula is C26H24N4O3S. The lowest BCUT2D eigenvalue weighted by Gasteiger charge is -2.15. The fraction of sp³-hybridized carbons (Fsp3) is 0.192. The van der Waals surface area contributed by atoms with Crippen LogP contribution in [0.15, 0.2) is 83.4 Å². The molecule has 0 saturated carbocycles. The van der Waals surface area contributed by atoms with Crippen LogP contribution in [0.2, 0.25) is 0 Å². The third-order valence-corrected chi connectivity index (χ3v) is 6.12. The summed E-state index contributed by atoms with van der Waals surface area (Å²) in [7, 11) is 0. The highest BCUT2D eigenvalue weighted by atomic mass is 32.2. The lowest BCUT2D eigenvalue weighted by atomic mass is 10.1. The molecule has 2 aromatic heterocycles. The Labute approximate surface area is 201 Å². The molecule has 0 N–H and O–H groups in total. The van der Waals surface area contributed by atoms with E-state index in [1.807, 2.05) is 17.6 Å². The number of hydrogen-bond donors (Lipinski definition) is 0.